The molecule has 0 spiro atoms. The van der Waals surface area contributed by atoms with Gasteiger partial charge in [-0.15, -0.1) is 0 Å². The van der Waals surface area contributed by atoms with Gasteiger partial charge in [0.1, 0.15) is 0 Å². The van der Waals surface area contributed by atoms with Crippen LogP contribution in [0.1, 0.15) is 36.5 Å². The van der Waals surface area contributed by atoms with E-state index in [0.717, 1.165) is 37.1 Å². The molecule has 1 fully saturated rings. The number of rotatable bonds is 7. The van der Waals surface area contributed by atoms with Gasteiger partial charge in [-0.05, 0) is 68.5 Å². The van der Waals surface area contributed by atoms with Gasteiger partial charge in [-0.2, -0.15) is 0 Å². The molecule has 1 heterocycles. The molecule has 0 saturated carbocycles. The first-order chi connectivity index (χ1) is 14.1. The summed E-state index contributed by atoms with van der Waals surface area (Å²) in [4.78, 5) is 25.1. The largest absolute Gasteiger partial charge is 0.469 e. The summed E-state index contributed by atoms with van der Waals surface area (Å²) in [5, 5.41) is 6.38. The Hall–Kier alpha value is -2.66. The van der Waals surface area contributed by atoms with Gasteiger partial charge in [0.2, 0.25) is 0 Å². The first-order valence-corrected chi connectivity index (χ1v) is 10.3. The fourth-order valence-corrected chi connectivity index (χ4v) is 3.98. The third-order valence-electron chi connectivity index (χ3n) is 5.71. The van der Waals surface area contributed by atoms with Crippen molar-refractivity contribution in [2.75, 3.05) is 20.2 Å². The predicted octanol–water partition coefficient (Wildman–Crippen LogP) is 3.65. The highest BCUT2D eigenvalue weighted by Gasteiger charge is 2.30. The molecule has 1 aliphatic heterocycles. The van der Waals surface area contributed by atoms with E-state index in [1.165, 1.54) is 7.11 Å². The number of ether oxygens (including phenoxy) is 1. The second-order valence-electron chi connectivity index (χ2n) is 7.78. The summed E-state index contributed by atoms with van der Waals surface area (Å²) in [7, 11) is 1.41. The molecule has 0 radical (unpaired) electrons. The molecule has 2 N–H and O–H groups in total. The van der Waals surface area contributed by atoms with Crippen molar-refractivity contribution in [2.45, 2.75) is 32.2 Å². The lowest BCUT2D eigenvalue weighted by Crippen LogP contribution is -2.44. The molecule has 3 atom stereocenters. The molecule has 1 aliphatic rings. The van der Waals surface area contributed by atoms with E-state index in [1.54, 1.807) is 0 Å². The molecule has 29 heavy (non-hydrogen) atoms. The van der Waals surface area contributed by atoms with E-state index < -0.39 is 0 Å². The number of carbonyl (C=O) groups excluding carboxylic acids is 2. The normalized spacial score (nSPS) is 18.5. The maximum Gasteiger partial charge on any atom is 0.310 e. The Morgan fingerprint density at radius 1 is 1.10 bits per heavy atom. The van der Waals surface area contributed by atoms with E-state index in [2.05, 4.69) is 10.6 Å². The van der Waals surface area contributed by atoms with Gasteiger partial charge < -0.3 is 15.4 Å². The van der Waals surface area contributed by atoms with Crippen LogP contribution in [-0.4, -0.2) is 38.1 Å². The number of amides is 1. The molecule has 2 aromatic rings. The summed E-state index contributed by atoms with van der Waals surface area (Å²) in [5.41, 5.74) is 2.76. The highest BCUT2D eigenvalue weighted by atomic mass is 16.5. The molecular weight excluding hydrogens is 364 g/mol. The van der Waals surface area contributed by atoms with Crippen LogP contribution in [0.5, 0.6) is 0 Å². The van der Waals surface area contributed by atoms with Crippen LogP contribution in [-0.2, 0) is 9.53 Å². The number of nitrogens with one attached hydrogen (secondary N) is 2. The average molecular weight is 395 g/mol. The molecular formula is C24H30N2O3. The monoisotopic (exact) mass is 394 g/mol. The first kappa shape index (κ1) is 21.1. The Balaban J connectivity index is 1.64. The summed E-state index contributed by atoms with van der Waals surface area (Å²) in [6.07, 6.45) is 2.93. The summed E-state index contributed by atoms with van der Waals surface area (Å²) >= 11 is 0. The van der Waals surface area contributed by atoms with Crippen molar-refractivity contribution in [3.63, 3.8) is 0 Å². The van der Waals surface area contributed by atoms with Crippen LogP contribution in [0.4, 0.5) is 0 Å². The molecule has 1 unspecified atom stereocenters. The summed E-state index contributed by atoms with van der Waals surface area (Å²) in [6, 6.07) is 17.3. The molecule has 3 rings (SSSR count). The number of piperidine rings is 1. The Kier molecular flexibility index (Phi) is 7.42. The van der Waals surface area contributed by atoms with Crippen molar-refractivity contribution in [1.29, 1.82) is 0 Å². The Labute approximate surface area is 172 Å². The summed E-state index contributed by atoms with van der Waals surface area (Å²) in [5.74, 6) is -0.356. The van der Waals surface area contributed by atoms with Crippen molar-refractivity contribution in [1.82, 2.24) is 10.6 Å². The van der Waals surface area contributed by atoms with Crippen molar-refractivity contribution in [2.24, 2.45) is 11.8 Å². The topological polar surface area (TPSA) is 67.4 Å². The van der Waals surface area contributed by atoms with Crippen LogP contribution in [0, 0.1) is 11.8 Å². The maximum atomic E-state index is 12.7. The van der Waals surface area contributed by atoms with Gasteiger partial charge in [0.05, 0.1) is 13.0 Å². The Bertz CT molecular complexity index is 799. The van der Waals surface area contributed by atoms with Crippen molar-refractivity contribution < 1.29 is 14.3 Å². The third-order valence-corrected chi connectivity index (χ3v) is 5.71. The zero-order valence-corrected chi connectivity index (χ0v) is 17.2. The lowest BCUT2D eigenvalue weighted by atomic mass is 9.85. The van der Waals surface area contributed by atoms with E-state index >= 15 is 0 Å². The lowest BCUT2D eigenvalue weighted by Gasteiger charge is -2.29. The van der Waals surface area contributed by atoms with Gasteiger partial charge in [0.25, 0.3) is 5.91 Å². The standard InChI is InChI=1S/C24H30N2O3/c1-17(22(24(28)29-2)15-18-7-6-14-25-16-18)26-23(27)21-12-10-20(11-13-21)19-8-4-3-5-9-19/h3-5,8-13,17-18,22,25H,6-7,14-16H2,1-2H3,(H,26,27)/t17-,18?,22-/m1/s1. The van der Waals surface area contributed by atoms with Gasteiger partial charge in [-0.3, -0.25) is 9.59 Å². The van der Waals surface area contributed by atoms with E-state index in [-0.39, 0.29) is 23.8 Å². The minimum Gasteiger partial charge on any atom is -0.469 e. The second kappa shape index (κ2) is 10.2. The van der Waals surface area contributed by atoms with Gasteiger partial charge >= 0.3 is 5.97 Å². The molecule has 5 heteroatoms. The van der Waals surface area contributed by atoms with Crippen molar-refractivity contribution in [3.05, 3.63) is 60.2 Å². The molecule has 2 aromatic carbocycles. The number of benzene rings is 2. The zero-order valence-electron chi connectivity index (χ0n) is 17.2. The number of hydrogen-bond donors (Lipinski definition) is 2. The minimum absolute atomic E-state index is 0.173. The van der Waals surface area contributed by atoms with Crippen LogP contribution < -0.4 is 10.6 Å². The summed E-state index contributed by atoms with van der Waals surface area (Å²) < 4.78 is 5.02. The van der Waals surface area contributed by atoms with E-state index in [0.29, 0.717) is 17.9 Å². The predicted molar refractivity (Wildman–Crippen MR) is 115 cm³/mol. The smallest absolute Gasteiger partial charge is 0.310 e. The van der Waals surface area contributed by atoms with E-state index in [9.17, 15) is 9.59 Å². The third kappa shape index (κ3) is 5.67. The van der Waals surface area contributed by atoms with Gasteiger partial charge in [0.15, 0.2) is 0 Å². The second-order valence-corrected chi connectivity index (χ2v) is 7.78. The van der Waals surface area contributed by atoms with Crippen LogP contribution in [0.3, 0.4) is 0 Å². The van der Waals surface area contributed by atoms with Gasteiger partial charge in [-0.25, -0.2) is 0 Å². The van der Waals surface area contributed by atoms with Crippen LogP contribution in [0.15, 0.2) is 54.6 Å². The van der Waals surface area contributed by atoms with Gasteiger partial charge in [0, 0.05) is 11.6 Å². The van der Waals surface area contributed by atoms with Crippen molar-refractivity contribution in [3.8, 4) is 11.1 Å². The molecule has 154 valence electrons. The highest BCUT2D eigenvalue weighted by molar-refractivity contribution is 5.95. The fraction of sp³-hybridized carbons (Fsp3) is 0.417. The molecule has 1 amide bonds. The average Bonchev–Trinajstić information content (AvgIpc) is 2.78. The molecule has 0 bridgehead atoms. The quantitative estimate of drug-likeness (QED) is 0.704. The van der Waals surface area contributed by atoms with E-state index in [4.69, 9.17) is 4.74 Å². The SMILES string of the molecule is COC(=O)[C@H](CC1CCCNC1)[C@@H](C)NC(=O)c1ccc(-c2ccccc2)cc1. The number of methoxy groups -OCH3 is 1. The Morgan fingerprint density at radius 2 is 1.79 bits per heavy atom. The molecule has 0 aromatic heterocycles. The van der Waals surface area contributed by atoms with Crippen molar-refractivity contribution >= 4 is 11.9 Å². The van der Waals surface area contributed by atoms with Crippen LogP contribution in [0.2, 0.25) is 0 Å². The van der Waals surface area contributed by atoms with E-state index in [1.807, 2.05) is 61.5 Å². The number of carbonyl (C=O) groups is 2. The zero-order chi connectivity index (χ0) is 20.6. The highest BCUT2D eigenvalue weighted by Crippen LogP contribution is 2.24. The molecule has 1 saturated heterocycles. The number of esters is 1. The molecule has 5 nitrogen and oxygen atoms in total. The molecule has 0 aliphatic carbocycles. The fourth-order valence-electron chi connectivity index (χ4n) is 3.98. The van der Waals surface area contributed by atoms with Gasteiger partial charge in [-0.1, -0.05) is 42.5 Å². The number of hydrogen-bond acceptors (Lipinski definition) is 4. The van der Waals surface area contributed by atoms with Crippen LogP contribution in [0.25, 0.3) is 11.1 Å². The Morgan fingerprint density at radius 3 is 2.41 bits per heavy atom. The maximum absolute atomic E-state index is 12.7. The summed E-state index contributed by atoms with van der Waals surface area (Å²) in [6.45, 7) is 3.83. The lowest BCUT2D eigenvalue weighted by molar-refractivity contribution is -0.147. The van der Waals surface area contributed by atoms with Crippen LogP contribution >= 0.6 is 0 Å². The first-order valence-electron chi connectivity index (χ1n) is 10.3. The minimum atomic E-state index is -0.350.